The molecule has 1 saturated heterocycles. The van der Waals surface area contributed by atoms with E-state index < -0.39 is 11.8 Å². The zero-order chi connectivity index (χ0) is 15.2. The highest BCUT2D eigenvalue weighted by Gasteiger charge is 2.11. The van der Waals surface area contributed by atoms with Gasteiger partial charge in [-0.3, -0.25) is 9.59 Å². The van der Waals surface area contributed by atoms with Crippen LogP contribution in [0.1, 0.15) is 31.7 Å². The minimum atomic E-state index is -1.05. The maximum Gasteiger partial charge on any atom is 0.329 e. The minimum absolute atomic E-state index is 0.620. The number of piperidine rings is 1. The Balaban J connectivity index is 2.02. The molecule has 3 N–H and O–H groups in total. The number of carbonyl (C=O) groups is 2. The molecule has 6 heteroatoms. The van der Waals surface area contributed by atoms with Crippen LogP contribution in [0.3, 0.4) is 0 Å². The summed E-state index contributed by atoms with van der Waals surface area (Å²) in [5.41, 5.74) is 9.67. The van der Waals surface area contributed by atoms with Crippen LogP contribution in [0.15, 0.2) is 29.4 Å². The highest BCUT2D eigenvalue weighted by molar-refractivity contribution is 6.34. The summed E-state index contributed by atoms with van der Waals surface area (Å²) in [5, 5.41) is 3.86. The Labute approximate surface area is 124 Å². The molecule has 1 aromatic carbocycles. The second kappa shape index (κ2) is 6.88. The number of carbonyl (C=O) groups excluding carboxylic acids is 2. The second-order valence-electron chi connectivity index (χ2n) is 5.10. The molecule has 0 unspecified atom stereocenters. The van der Waals surface area contributed by atoms with Crippen LogP contribution in [0.25, 0.3) is 0 Å². The fourth-order valence-corrected chi connectivity index (χ4v) is 2.32. The molecule has 0 spiro atoms. The molecule has 112 valence electrons. The predicted octanol–water partition coefficient (Wildman–Crippen LogP) is 1.00. The third kappa shape index (κ3) is 4.05. The number of rotatable bonds is 3. The van der Waals surface area contributed by atoms with Crippen molar-refractivity contribution in [3.8, 4) is 0 Å². The van der Waals surface area contributed by atoms with E-state index in [0.29, 0.717) is 5.71 Å². The van der Waals surface area contributed by atoms with E-state index in [-0.39, 0.29) is 0 Å². The van der Waals surface area contributed by atoms with Crippen LogP contribution in [0.2, 0.25) is 0 Å². The number of hydrogen-bond donors (Lipinski definition) is 2. The fraction of sp³-hybridized carbons (Fsp3) is 0.400. The number of amides is 2. The van der Waals surface area contributed by atoms with Crippen LogP contribution in [-0.2, 0) is 9.59 Å². The molecule has 21 heavy (non-hydrogen) atoms. The normalized spacial score (nSPS) is 15.7. The number of anilines is 1. The van der Waals surface area contributed by atoms with Crippen molar-refractivity contribution in [3.05, 3.63) is 29.8 Å². The van der Waals surface area contributed by atoms with Gasteiger partial charge in [0, 0.05) is 18.8 Å². The van der Waals surface area contributed by atoms with Crippen LogP contribution in [0.5, 0.6) is 0 Å². The number of nitrogens with two attached hydrogens (primary N) is 1. The van der Waals surface area contributed by atoms with E-state index in [1.807, 2.05) is 12.1 Å². The molecule has 1 aliphatic rings. The standard InChI is InChI=1S/C15H20N4O2/c1-11(17-18-15(21)14(16)20)12-5-7-13(8-6-12)19-9-3-2-4-10-19/h5-8H,2-4,9-10H2,1H3,(H2,16,20)(H,18,21)/b17-11-. The van der Waals surface area contributed by atoms with Gasteiger partial charge in [-0.2, -0.15) is 5.10 Å². The third-order valence-electron chi connectivity index (χ3n) is 3.56. The molecule has 0 radical (unpaired) electrons. The van der Waals surface area contributed by atoms with Gasteiger partial charge in [-0.15, -0.1) is 0 Å². The van der Waals surface area contributed by atoms with Gasteiger partial charge in [-0.25, -0.2) is 5.43 Å². The maximum atomic E-state index is 11.0. The van der Waals surface area contributed by atoms with Crippen LogP contribution in [0, 0.1) is 0 Å². The first kappa shape index (κ1) is 15.0. The molecule has 0 saturated carbocycles. The molecular weight excluding hydrogens is 268 g/mol. The summed E-state index contributed by atoms with van der Waals surface area (Å²) < 4.78 is 0. The number of nitrogens with zero attached hydrogens (tertiary/aromatic N) is 2. The van der Waals surface area contributed by atoms with E-state index >= 15 is 0 Å². The lowest BCUT2D eigenvalue weighted by molar-refractivity contribution is -0.137. The van der Waals surface area contributed by atoms with Gasteiger partial charge in [0.15, 0.2) is 0 Å². The van der Waals surface area contributed by atoms with Crippen molar-refractivity contribution < 1.29 is 9.59 Å². The number of nitrogens with one attached hydrogen (secondary N) is 1. The van der Waals surface area contributed by atoms with E-state index in [1.54, 1.807) is 6.92 Å². The lowest BCUT2D eigenvalue weighted by Crippen LogP contribution is -2.33. The molecule has 0 bridgehead atoms. The zero-order valence-electron chi connectivity index (χ0n) is 12.1. The highest BCUT2D eigenvalue weighted by atomic mass is 16.2. The number of hydrazone groups is 1. The number of hydrogen-bond acceptors (Lipinski definition) is 4. The Hall–Kier alpha value is -2.37. The van der Waals surface area contributed by atoms with Gasteiger partial charge >= 0.3 is 11.8 Å². The molecule has 0 atom stereocenters. The van der Waals surface area contributed by atoms with Crippen LogP contribution in [-0.4, -0.2) is 30.6 Å². The van der Waals surface area contributed by atoms with E-state index in [4.69, 9.17) is 5.73 Å². The molecule has 2 rings (SSSR count). The second-order valence-corrected chi connectivity index (χ2v) is 5.10. The Morgan fingerprint density at radius 1 is 1.14 bits per heavy atom. The van der Waals surface area contributed by atoms with E-state index in [2.05, 4.69) is 27.6 Å². The van der Waals surface area contributed by atoms with Gasteiger partial charge in [-0.1, -0.05) is 12.1 Å². The van der Waals surface area contributed by atoms with E-state index in [1.165, 1.54) is 24.9 Å². The van der Waals surface area contributed by atoms with Crippen molar-refractivity contribution in [2.75, 3.05) is 18.0 Å². The van der Waals surface area contributed by atoms with Crippen molar-refractivity contribution in [2.45, 2.75) is 26.2 Å². The Bertz CT molecular complexity index is 545. The van der Waals surface area contributed by atoms with Crippen LogP contribution in [0.4, 0.5) is 5.69 Å². The molecule has 6 nitrogen and oxygen atoms in total. The van der Waals surface area contributed by atoms with Gasteiger partial charge in [0.05, 0.1) is 5.71 Å². The quantitative estimate of drug-likeness (QED) is 0.494. The SMILES string of the molecule is C/C(=N/NC(=O)C(N)=O)c1ccc(N2CCCCC2)cc1. The first-order chi connectivity index (χ1) is 10.1. The van der Waals surface area contributed by atoms with Gasteiger partial charge in [-0.05, 0) is 43.9 Å². The maximum absolute atomic E-state index is 11.0. The zero-order valence-corrected chi connectivity index (χ0v) is 12.1. The molecule has 2 amide bonds. The molecular formula is C15H20N4O2. The molecule has 0 aliphatic carbocycles. The average Bonchev–Trinajstić information content (AvgIpc) is 2.53. The minimum Gasteiger partial charge on any atom is -0.372 e. The van der Waals surface area contributed by atoms with Crippen molar-refractivity contribution in [2.24, 2.45) is 10.8 Å². The highest BCUT2D eigenvalue weighted by Crippen LogP contribution is 2.20. The Morgan fingerprint density at radius 2 is 1.76 bits per heavy atom. The summed E-state index contributed by atoms with van der Waals surface area (Å²) in [5.74, 6) is -1.97. The molecule has 1 aromatic rings. The van der Waals surface area contributed by atoms with Crippen molar-refractivity contribution in [1.82, 2.24) is 5.43 Å². The number of primary amides is 1. The average molecular weight is 288 g/mol. The van der Waals surface area contributed by atoms with Crippen molar-refractivity contribution in [3.63, 3.8) is 0 Å². The van der Waals surface area contributed by atoms with Gasteiger partial charge in [0.1, 0.15) is 0 Å². The summed E-state index contributed by atoms with van der Waals surface area (Å²) >= 11 is 0. The predicted molar refractivity (Wildman–Crippen MR) is 82.1 cm³/mol. The lowest BCUT2D eigenvalue weighted by Gasteiger charge is -2.28. The first-order valence-electron chi connectivity index (χ1n) is 7.07. The Morgan fingerprint density at radius 3 is 2.33 bits per heavy atom. The molecule has 1 aliphatic heterocycles. The van der Waals surface area contributed by atoms with Gasteiger partial charge < -0.3 is 10.6 Å². The summed E-state index contributed by atoms with van der Waals surface area (Å²) in [4.78, 5) is 24.0. The van der Waals surface area contributed by atoms with Crippen molar-refractivity contribution in [1.29, 1.82) is 0 Å². The molecule has 1 heterocycles. The van der Waals surface area contributed by atoms with E-state index in [9.17, 15) is 9.59 Å². The third-order valence-corrected chi connectivity index (χ3v) is 3.56. The molecule has 1 fully saturated rings. The summed E-state index contributed by atoms with van der Waals surface area (Å²) in [6.07, 6.45) is 3.78. The largest absolute Gasteiger partial charge is 0.372 e. The summed E-state index contributed by atoms with van der Waals surface area (Å²) in [6, 6.07) is 8.02. The first-order valence-corrected chi connectivity index (χ1v) is 7.07. The van der Waals surface area contributed by atoms with Crippen LogP contribution >= 0.6 is 0 Å². The Kier molecular flexibility index (Phi) is 4.92. The molecule has 0 aromatic heterocycles. The monoisotopic (exact) mass is 288 g/mol. The van der Waals surface area contributed by atoms with Gasteiger partial charge in [0.2, 0.25) is 0 Å². The summed E-state index contributed by atoms with van der Waals surface area (Å²) in [6.45, 7) is 3.96. The summed E-state index contributed by atoms with van der Waals surface area (Å²) in [7, 11) is 0. The fourth-order valence-electron chi connectivity index (χ4n) is 2.32. The van der Waals surface area contributed by atoms with Crippen LogP contribution < -0.4 is 16.1 Å². The number of benzene rings is 1. The lowest BCUT2D eigenvalue weighted by atomic mass is 10.1. The van der Waals surface area contributed by atoms with Crippen molar-refractivity contribution >= 4 is 23.2 Å². The smallest absolute Gasteiger partial charge is 0.329 e. The topological polar surface area (TPSA) is 87.8 Å². The van der Waals surface area contributed by atoms with E-state index in [0.717, 1.165) is 18.7 Å². The van der Waals surface area contributed by atoms with Gasteiger partial charge in [0.25, 0.3) is 0 Å².